The number of carbonyl (C=O) groups excluding carboxylic acids is 2. The summed E-state index contributed by atoms with van der Waals surface area (Å²) in [5.41, 5.74) is 1.69. The fraction of sp³-hybridized carbons (Fsp3) is 0.591. The third-order valence-corrected chi connectivity index (χ3v) is 5.99. The van der Waals surface area contributed by atoms with Crippen LogP contribution < -0.4 is 10.6 Å². The SMILES string of the molecule is CN(C)C(=O)CNC(=NCc1ccc(C(=O)N(C)C)cc1)NC1CC2CCC1C2. The van der Waals surface area contributed by atoms with Crippen molar-refractivity contribution in [2.75, 3.05) is 34.7 Å². The Bertz CT molecular complexity index is 757. The molecule has 29 heavy (non-hydrogen) atoms. The number of carbonyl (C=O) groups is 2. The molecule has 2 bridgehead atoms. The molecule has 0 aromatic heterocycles. The summed E-state index contributed by atoms with van der Waals surface area (Å²) in [6, 6.07) is 7.97. The summed E-state index contributed by atoms with van der Waals surface area (Å²) in [5, 5.41) is 6.75. The second-order valence-corrected chi connectivity index (χ2v) is 8.63. The molecule has 0 radical (unpaired) electrons. The van der Waals surface area contributed by atoms with Gasteiger partial charge >= 0.3 is 0 Å². The monoisotopic (exact) mass is 399 g/mol. The van der Waals surface area contributed by atoms with Crippen LogP contribution >= 0.6 is 0 Å². The summed E-state index contributed by atoms with van der Waals surface area (Å²) < 4.78 is 0. The zero-order valence-electron chi connectivity index (χ0n) is 17.9. The van der Waals surface area contributed by atoms with E-state index in [9.17, 15) is 9.59 Å². The molecule has 3 atom stereocenters. The third kappa shape index (κ3) is 5.49. The second-order valence-electron chi connectivity index (χ2n) is 8.63. The van der Waals surface area contributed by atoms with Gasteiger partial charge in [-0.1, -0.05) is 18.6 Å². The lowest BCUT2D eigenvalue weighted by molar-refractivity contribution is -0.127. The van der Waals surface area contributed by atoms with Crippen LogP contribution in [0.4, 0.5) is 0 Å². The number of hydrogen-bond acceptors (Lipinski definition) is 3. The van der Waals surface area contributed by atoms with Gasteiger partial charge in [0.15, 0.2) is 5.96 Å². The first-order chi connectivity index (χ1) is 13.8. The molecule has 7 heteroatoms. The Morgan fingerprint density at radius 1 is 1.03 bits per heavy atom. The number of benzene rings is 1. The van der Waals surface area contributed by atoms with Gasteiger partial charge in [-0.05, 0) is 48.8 Å². The molecule has 2 fully saturated rings. The molecule has 2 amide bonds. The molecular weight excluding hydrogens is 366 g/mol. The van der Waals surface area contributed by atoms with Gasteiger partial charge in [0.2, 0.25) is 5.91 Å². The van der Waals surface area contributed by atoms with Crippen molar-refractivity contribution >= 4 is 17.8 Å². The number of aliphatic imine (C=N–C) groups is 1. The normalized spacial score (nSPS) is 23.0. The molecule has 3 rings (SSSR count). The van der Waals surface area contributed by atoms with Crippen molar-refractivity contribution < 1.29 is 9.59 Å². The number of amides is 2. The molecule has 0 saturated heterocycles. The maximum atomic E-state index is 12.0. The maximum absolute atomic E-state index is 12.0. The largest absolute Gasteiger partial charge is 0.353 e. The number of likely N-dealkylation sites (N-methyl/N-ethyl adjacent to an activating group) is 1. The van der Waals surface area contributed by atoms with Crippen molar-refractivity contribution in [2.45, 2.75) is 38.3 Å². The molecule has 0 aliphatic heterocycles. The van der Waals surface area contributed by atoms with Crippen molar-refractivity contribution in [1.82, 2.24) is 20.4 Å². The molecular formula is C22H33N5O2. The van der Waals surface area contributed by atoms with Gasteiger partial charge in [-0.2, -0.15) is 0 Å². The van der Waals surface area contributed by atoms with E-state index in [0.29, 0.717) is 30.0 Å². The van der Waals surface area contributed by atoms with Gasteiger partial charge in [0, 0.05) is 39.8 Å². The third-order valence-electron chi connectivity index (χ3n) is 5.99. The van der Waals surface area contributed by atoms with E-state index in [2.05, 4.69) is 10.6 Å². The lowest BCUT2D eigenvalue weighted by Crippen LogP contribution is -2.48. The summed E-state index contributed by atoms with van der Waals surface area (Å²) in [4.78, 5) is 31.9. The molecule has 1 aromatic carbocycles. The van der Waals surface area contributed by atoms with Crippen LogP contribution in [-0.4, -0.2) is 68.4 Å². The number of guanidine groups is 1. The van der Waals surface area contributed by atoms with Crippen LogP contribution in [0.1, 0.15) is 41.6 Å². The fourth-order valence-corrected chi connectivity index (χ4v) is 4.25. The van der Waals surface area contributed by atoms with Crippen molar-refractivity contribution in [3.8, 4) is 0 Å². The van der Waals surface area contributed by atoms with Crippen molar-refractivity contribution in [1.29, 1.82) is 0 Å². The standard InChI is InChI=1S/C22H33N5O2/c1-26(2)20(28)14-24-22(25-19-12-16-7-10-18(19)11-16)23-13-15-5-8-17(9-6-15)21(29)27(3)4/h5-6,8-9,16,18-19H,7,10-14H2,1-4H3,(H2,23,24,25). The molecule has 2 aliphatic carbocycles. The van der Waals surface area contributed by atoms with Gasteiger partial charge in [0.05, 0.1) is 13.1 Å². The van der Waals surface area contributed by atoms with Crippen molar-refractivity contribution in [3.05, 3.63) is 35.4 Å². The minimum atomic E-state index is -0.0115. The second kappa shape index (κ2) is 9.29. The molecule has 2 N–H and O–H groups in total. The Morgan fingerprint density at radius 3 is 2.31 bits per heavy atom. The van der Waals surface area contributed by atoms with Gasteiger partial charge in [-0.3, -0.25) is 9.59 Å². The van der Waals surface area contributed by atoms with E-state index in [1.807, 2.05) is 24.3 Å². The Labute approximate surface area is 173 Å². The minimum Gasteiger partial charge on any atom is -0.353 e. The van der Waals surface area contributed by atoms with Crippen molar-refractivity contribution in [2.24, 2.45) is 16.8 Å². The Kier molecular flexibility index (Phi) is 6.77. The van der Waals surface area contributed by atoms with Crippen LogP contribution in [0.25, 0.3) is 0 Å². The van der Waals surface area contributed by atoms with Gasteiger partial charge in [-0.15, -0.1) is 0 Å². The van der Waals surface area contributed by atoms with Crippen LogP contribution in [0.5, 0.6) is 0 Å². The molecule has 0 heterocycles. The number of fused-ring (bicyclic) bond motifs is 2. The Balaban J connectivity index is 1.64. The quantitative estimate of drug-likeness (QED) is 0.564. The summed E-state index contributed by atoms with van der Waals surface area (Å²) in [6.45, 7) is 0.707. The summed E-state index contributed by atoms with van der Waals surface area (Å²) >= 11 is 0. The van der Waals surface area contributed by atoms with Gasteiger partial charge < -0.3 is 20.4 Å². The first kappa shape index (κ1) is 21.1. The van der Waals surface area contributed by atoms with Crippen LogP contribution in [0, 0.1) is 11.8 Å². The van der Waals surface area contributed by atoms with Crippen LogP contribution in [0.3, 0.4) is 0 Å². The molecule has 2 aliphatic rings. The molecule has 7 nitrogen and oxygen atoms in total. The van der Waals surface area contributed by atoms with Gasteiger partial charge in [0.1, 0.15) is 0 Å². The number of nitrogens with zero attached hydrogens (tertiary/aromatic N) is 3. The Morgan fingerprint density at radius 2 is 1.76 bits per heavy atom. The van der Waals surface area contributed by atoms with E-state index in [-0.39, 0.29) is 18.4 Å². The smallest absolute Gasteiger partial charge is 0.253 e. The molecule has 2 saturated carbocycles. The van der Waals surface area contributed by atoms with Crippen LogP contribution in [-0.2, 0) is 11.3 Å². The van der Waals surface area contributed by atoms with Crippen LogP contribution in [0.2, 0.25) is 0 Å². The zero-order chi connectivity index (χ0) is 21.0. The average molecular weight is 400 g/mol. The average Bonchev–Trinajstić information content (AvgIpc) is 3.32. The fourth-order valence-electron chi connectivity index (χ4n) is 4.25. The lowest BCUT2D eigenvalue weighted by atomic mass is 9.95. The zero-order valence-corrected chi connectivity index (χ0v) is 17.9. The molecule has 158 valence electrons. The number of nitrogens with one attached hydrogen (secondary N) is 2. The lowest BCUT2D eigenvalue weighted by Gasteiger charge is -2.25. The Hall–Kier alpha value is -2.57. The van der Waals surface area contributed by atoms with E-state index in [4.69, 9.17) is 4.99 Å². The summed E-state index contributed by atoms with van der Waals surface area (Å²) in [6.07, 6.45) is 5.13. The molecule has 0 spiro atoms. The van der Waals surface area contributed by atoms with E-state index in [0.717, 1.165) is 11.5 Å². The predicted octanol–water partition coefficient (Wildman–Crippen LogP) is 1.70. The summed E-state index contributed by atoms with van der Waals surface area (Å²) in [7, 11) is 6.99. The first-order valence-corrected chi connectivity index (χ1v) is 10.4. The topological polar surface area (TPSA) is 77.0 Å². The maximum Gasteiger partial charge on any atom is 0.253 e. The van der Waals surface area contributed by atoms with Crippen molar-refractivity contribution in [3.63, 3.8) is 0 Å². The predicted molar refractivity (Wildman–Crippen MR) is 115 cm³/mol. The highest BCUT2D eigenvalue weighted by molar-refractivity contribution is 5.93. The highest BCUT2D eigenvalue weighted by Gasteiger charge is 2.39. The first-order valence-electron chi connectivity index (χ1n) is 10.4. The summed E-state index contributed by atoms with van der Waals surface area (Å²) in [5.74, 6) is 2.24. The number of hydrogen-bond donors (Lipinski definition) is 2. The van der Waals surface area contributed by atoms with Gasteiger partial charge in [0.25, 0.3) is 5.91 Å². The molecule has 3 unspecified atom stereocenters. The van der Waals surface area contributed by atoms with Gasteiger partial charge in [-0.25, -0.2) is 4.99 Å². The minimum absolute atomic E-state index is 0.0115. The van der Waals surface area contributed by atoms with Crippen LogP contribution in [0.15, 0.2) is 29.3 Å². The highest BCUT2D eigenvalue weighted by Crippen LogP contribution is 2.44. The molecule has 1 aromatic rings. The highest BCUT2D eigenvalue weighted by atomic mass is 16.2. The number of rotatable bonds is 6. The van der Waals surface area contributed by atoms with E-state index >= 15 is 0 Å². The van der Waals surface area contributed by atoms with E-state index < -0.39 is 0 Å². The van der Waals surface area contributed by atoms with E-state index in [1.165, 1.54) is 25.7 Å². The van der Waals surface area contributed by atoms with E-state index in [1.54, 1.807) is 38.0 Å².